The van der Waals surface area contributed by atoms with Crippen molar-refractivity contribution < 1.29 is 19.1 Å². The fraction of sp³-hybridized carbons (Fsp3) is 0.160. The van der Waals surface area contributed by atoms with Crippen LogP contribution in [-0.2, 0) is 22.6 Å². The highest BCUT2D eigenvalue weighted by Crippen LogP contribution is 2.29. The maximum Gasteiger partial charge on any atom is 0.329 e. The Morgan fingerprint density at radius 2 is 1.65 bits per heavy atom. The van der Waals surface area contributed by atoms with Gasteiger partial charge in [0.2, 0.25) is 0 Å². The molecule has 0 heterocycles. The van der Waals surface area contributed by atoms with Gasteiger partial charge in [-0.1, -0.05) is 48.3 Å². The summed E-state index contributed by atoms with van der Waals surface area (Å²) < 4.78 is 11.2. The van der Waals surface area contributed by atoms with E-state index in [0.29, 0.717) is 32.8 Å². The summed E-state index contributed by atoms with van der Waals surface area (Å²) in [4.78, 5) is 24.0. The minimum Gasteiger partial charge on any atom is -0.493 e. The molecule has 2 amide bonds. The first kappa shape index (κ1) is 25.1. The van der Waals surface area contributed by atoms with Gasteiger partial charge in [-0.3, -0.25) is 9.59 Å². The van der Waals surface area contributed by atoms with E-state index in [2.05, 4.69) is 15.8 Å². The van der Waals surface area contributed by atoms with Crippen LogP contribution < -0.4 is 20.2 Å². The van der Waals surface area contributed by atoms with Gasteiger partial charge in [0.15, 0.2) is 11.5 Å². The summed E-state index contributed by atoms with van der Waals surface area (Å²) in [5.41, 5.74) is 5.35. The van der Waals surface area contributed by atoms with Gasteiger partial charge in [0.05, 0.1) is 23.4 Å². The Hall–Kier alpha value is -3.55. The van der Waals surface area contributed by atoms with Gasteiger partial charge >= 0.3 is 11.8 Å². The molecule has 0 fully saturated rings. The summed E-state index contributed by atoms with van der Waals surface area (Å²) in [6.45, 7) is 2.31. The molecule has 0 aliphatic carbocycles. The molecule has 0 unspecified atom stereocenters. The smallest absolute Gasteiger partial charge is 0.329 e. The number of nitrogens with one attached hydrogen (secondary N) is 2. The second kappa shape index (κ2) is 12.1. The largest absolute Gasteiger partial charge is 0.493 e. The number of hydrogen-bond donors (Lipinski definition) is 2. The highest BCUT2D eigenvalue weighted by Gasteiger charge is 2.13. The van der Waals surface area contributed by atoms with Crippen LogP contribution >= 0.6 is 23.2 Å². The van der Waals surface area contributed by atoms with Gasteiger partial charge in [0, 0.05) is 5.69 Å². The molecule has 2 N–H and O–H groups in total. The lowest BCUT2D eigenvalue weighted by Crippen LogP contribution is -2.32. The van der Waals surface area contributed by atoms with Crippen LogP contribution in [0.3, 0.4) is 0 Å². The second-order valence-corrected chi connectivity index (χ2v) is 7.97. The van der Waals surface area contributed by atoms with Gasteiger partial charge in [-0.05, 0) is 65.6 Å². The third-order valence-electron chi connectivity index (χ3n) is 4.77. The van der Waals surface area contributed by atoms with E-state index >= 15 is 0 Å². The van der Waals surface area contributed by atoms with E-state index in [1.807, 2.05) is 25.1 Å². The Bertz CT molecular complexity index is 1200. The Morgan fingerprint density at radius 1 is 0.912 bits per heavy atom. The molecule has 0 spiro atoms. The zero-order chi connectivity index (χ0) is 24.5. The lowest BCUT2D eigenvalue weighted by Gasteiger charge is -2.11. The van der Waals surface area contributed by atoms with Crippen LogP contribution in [0.5, 0.6) is 11.5 Å². The normalized spacial score (nSPS) is 10.7. The molecule has 34 heavy (non-hydrogen) atoms. The van der Waals surface area contributed by atoms with Crippen LogP contribution in [0.1, 0.15) is 23.6 Å². The molecule has 0 atom stereocenters. The number of hydrogen-bond acceptors (Lipinski definition) is 5. The average Bonchev–Trinajstić information content (AvgIpc) is 2.85. The summed E-state index contributed by atoms with van der Waals surface area (Å²) in [7, 11) is 1.52. The lowest BCUT2D eigenvalue weighted by molar-refractivity contribution is -0.136. The van der Waals surface area contributed by atoms with Gasteiger partial charge in [-0.25, -0.2) is 5.43 Å². The average molecular weight is 500 g/mol. The number of hydrazone groups is 1. The molecule has 7 nitrogen and oxygen atoms in total. The van der Waals surface area contributed by atoms with E-state index in [-0.39, 0.29) is 6.61 Å². The third-order valence-corrected chi connectivity index (χ3v) is 5.51. The number of carbonyl (C=O) groups is 2. The van der Waals surface area contributed by atoms with Crippen LogP contribution in [0.4, 0.5) is 5.69 Å². The number of aryl methyl sites for hydroxylation is 1. The molecule has 0 aliphatic rings. The molecule has 0 bridgehead atoms. The molecular weight excluding hydrogens is 477 g/mol. The predicted octanol–water partition coefficient (Wildman–Crippen LogP) is 5.23. The lowest BCUT2D eigenvalue weighted by atomic mass is 10.1. The number of benzene rings is 3. The zero-order valence-electron chi connectivity index (χ0n) is 18.6. The maximum atomic E-state index is 12.0. The summed E-state index contributed by atoms with van der Waals surface area (Å²) in [5.74, 6) is -0.707. The predicted molar refractivity (Wildman–Crippen MR) is 134 cm³/mol. The number of anilines is 1. The number of rotatable bonds is 8. The zero-order valence-corrected chi connectivity index (χ0v) is 20.1. The van der Waals surface area contributed by atoms with Crippen LogP contribution in [-0.4, -0.2) is 25.1 Å². The van der Waals surface area contributed by atoms with Crippen molar-refractivity contribution in [1.82, 2.24) is 5.43 Å². The Labute approximate surface area is 207 Å². The van der Waals surface area contributed by atoms with Crippen LogP contribution in [0.25, 0.3) is 0 Å². The van der Waals surface area contributed by atoms with Gasteiger partial charge in [0.25, 0.3) is 0 Å². The standard InChI is InChI=1S/C25H23Cl2N3O4/c1-3-16-4-8-19(9-5-16)29-24(31)25(32)30-28-14-17-7-11-22(23(13-17)33-2)34-15-18-6-10-20(26)21(27)12-18/h4-14H,3,15H2,1-2H3,(H,29,31)(H,30,32)/b28-14-. The quantitative estimate of drug-likeness (QED) is 0.252. The molecule has 0 aromatic heterocycles. The number of halogens is 2. The van der Waals surface area contributed by atoms with Crippen LogP contribution in [0.15, 0.2) is 65.8 Å². The van der Waals surface area contributed by atoms with Crippen molar-refractivity contribution in [2.24, 2.45) is 5.10 Å². The SMILES string of the molecule is CCc1ccc(NC(=O)C(=O)N/N=C\c2ccc(OCc3ccc(Cl)c(Cl)c3)c(OC)c2)cc1. The van der Waals surface area contributed by atoms with E-state index in [1.54, 1.807) is 42.5 Å². The third kappa shape index (κ3) is 6.97. The molecule has 0 saturated heterocycles. The summed E-state index contributed by atoms with van der Waals surface area (Å²) in [5, 5.41) is 7.29. The Morgan fingerprint density at radius 3 is 2.32 bits per heavy atom. The first-order valence-corrected chi connectivity index (χ1v) is 11.1. The molecule has 3 aromatic carbocycles. The number of carbonyl (C=O) groups excluding carboxylic acids is 2. The van der Waals surface area contributed by atoms with Crippen molar-refractivity contribution in [2.45, 2.75) is 20.0 Å². The highest BCUT2D eigenvalue weighted by atomic mass is 35.5. The molecule has 0 radical (unpaired) electrons. The number of amides is 2. The Kier molecular flexibility index (Phi) is 8.90. The maximum absolute atomic E-state index is 12.0. The first-order valence-electron chi connectivity index (χ1n) is 10.4. The minimum absolute atomic E-state index is 0.271. The van der Waals surface area contributed by atoms with Gasteiger partial charge in [-0.2, -0.15) is 5.10 Å². The topological polar surface area (TPSA) is 89.0 Å². The van der Waals surface area contributed by atoms with E-state index in [4.69, 9.17) is 32.7 Å². The van der Waals surface area contributed by atoms with E-state index < -0.39 is 11.8 Å². The molecular formula is C25H23Cl2N3O4. The van der Waals surface area contributed by atoms with Gasteiger partial charge in [-0.15, -0.1) is 0 Å². The molecule has 0 aliphatic heterocycles. The van der Waals surface area contributed by atoms with Gasteiger partial charge < -0.3 is 14.8 Å². The van der Waals surface area contributed by atoms with Crippen molar-refractivity contribution in [3.8, 4) is 11.5 Å². The minimum atomic E-state index is -0.885. The van der Waals surface area contributed by atoms with Crippen molar-refractivity contribution in [2.75, 3.05) is 12.4 Å². The molecule has 3 rings (SSSR count). The number of nitrogens with zero attached hydrogens (tertiary/aromatic N) is 1. The second-order valence-electron chi connectivity index (χ2n) is 7.15. The van der Waals surface area contributed by atoms with E-state index in [1.165, 1.54) is 13.3 Å². The molecule has 0 saturated carbocycles. The van der Waals surface area contributed by atoms with Gasteiger partial charge in [0.1, 0.15) is 6.61 Å². The monoisotopic (exact) mass is 499 g/mol. The first-order chi connectivity index (χ1) is 16.4. The molecule has 9 heteroatoms. The van der Waals surface area contributed by atoms with Crippen molar-refractivity contribution in [1.29, 1.82) is 0 Å². The van der Waals surface area contributed by atoms with Crippen molar-refractivity contribution >= 4 is 46.9 Å². The van der Waals surface area contributed by atoms with Crippen molar-refractivity contribution in [3.63, 3.8) is 0 Å². The Balaban J connectivity index is 1.55. The van der Waals surface area contributed by atoms with Crippen molar-refractivity contribution in [3.05, 3.63) is 87.4 Å². The summed E-state index contributed by atoms with van der Waals surface area (Å²) in [6, 6.07) is 17.6. The van der Waals surface area contributed by atoms with E-state index in [9.17, 15) is 9.59 Å². The molecule has 176 valence electrons. The van der Waals surface area contributed by atoms with Crippen LogP contribution in [0.2, 0.25) is 10.0 Å². The fourth-order valence-corrected chi connectivity index (χ4v) is 3.22. The summed E-state index contributed by atoms with van der Waals surface area (Å²) >= 11 is 12.0. The molecule has 3 aromatic rings. The van der Waals surface area contributed by atoms with Crippen LogP contribution in [0, 0.1) is 0 Å². The fourth-order valence-electron chi connectivity index (χ4n) is 2.90. The number of ether oxygens (including phenoxy) is 2. The van der Waals surface area contributed by atoms with E-state index in [0.717, 1.165) is 17.5 Å². The number of methoxy groups -OCH3 is 1. The highest BCUT2D eigenvalue weighted by molar-refractivity contribution is 6.42. The summed E-state index contributed by atoms with van der Waals surface area (Å²) in [6.07, 6.45) is 2.28.